The van der Waals surface area contributed by atoms with Crippen LogP contribution in [-0.2, 0) is 4.79 Å². The normalized spacial score (nSPS) is 9.70. The fourth-order valence-electron chi connectivity index (χ4n) is 1.83. The molecule has 0 aromatic heterocycles. The van der Waals surface area contributed by atoms with Crippen molar-refractivity contribution in [3.05, 3.63) is 49.1 Å². The molecular formula is C16H22N2O2. The summed E-state index contributed by atoms with van der Waals surface area (Å²) in [6, 6.07) is 5.80. The number of aryl methyl sites for hydroxylation is 1. The lowest BCUT2D eigenvalue weighted by Crippen LogP contribution is -2.35. The molecule has 1 rings (SSSR count). The predicted molar refractivity (Wildman–Crippen MR) is 83.2 cm³/mol. The maximum absolute atomic E-state index is 12.1. The molecule has 4 nitrogen and oxygen atoms in total. The number of methoxy groups -OCH3 is 1. The molecule has 0 aliphatic carbocycles. The van der Waals surface area contributed by atoms with Crippen LogP contribution >= 0.6 is 0 Å². The van der Waals surface area contributed by atoms with Crippen LogP contribution in [0.2, 0.25) is 0 Å². The van der Waals surface area contributed by atoms with Crippen LogP contribution in [0.25, 0.3) is 0 Å². The Bertz CT molecular complexity index is 473. The summed E-state index contributed by atoms with van der Waals surface area (Å²) in [5, 5.41) is 3.12. The van der Waals surface area contributed by atoms with Crippen LogP contribution in [0.15, 0.2) is 43.5 Å². The van der Waals surface area contributed by atoms with E-state index in [1.54, 1.807) is 24.2 Å². The Morgan fingerprint density at radius 2 is 2.00 bits per heavy atom. The largest absolute Gasteiger partial charge is 0.495 e. The molecular weight excluding hydrogens is 252 g/mol. The molecule has 0 fully saturated rings. The number of anilines is 1. The molecule has 0 spiro atoms. The van der Waals surface area contributed by atoms with Crippen molar-refractivity contribution in [1.82, 2.24) is 4.90 Å². The summed E-state index contributed by atoms with van der Waals surface area (Å²) in [6.07, 6.45) is 3.41. The van der Waals surface area contributed by atoms with Gasteiger partial charge in [-0.15, -0.1) is 13.2 Å². The lowest BCUT2D eigenvalue weighted by Gasteiger charge is -2.20. The SMILES string of the molecule is C=CCN(CC=C)C(=O)CNc1cc(C)ccc1OC. The maximum Gasteiger partial charge on any atom is 0.242 e. The quantitative estimate of drug-likeness (QED) is 0.741. The number of benzene rings is 1. The first kappa shape index (κ1) is 15.8. The summed E-state index contributed by atoms with van der Waals surface area (Å²) in [5.41, 5.74) is 1.92. The van der Waals surface area contributed by atoms with Gasteiger partial charge in [0.1, 0.15) is 5.75 Å². The first-order valence-corrected chi connectivity index (χ1v) is 6.50. The average molecular weight is 274 g/mol. The summed E-state index contributed by atoms with van der Waals surface area (Å²) < 4.78 is 5.27. The summed E-state index contributed by atoms with van der Waals surface area (Å²) in [5.74, 6) is 0.718. The lowest BCUT2D eigenvalue weighted by atomic mass is 10.2. The molecule has 1 aromatic rings. The van der Waals surface area contributed by atoms with Gasteiger partial charge in [0.2, 0.25) is 5.91 Å². The molecule has 1 N–H and O–H groups in total. The highest BCUT2D eigenvalue weighted by molar-refractivity contribution is 5.81. The number of hydrogen-bond donors (Lipinski definition) is 1. The minimum atomic E-state index is -0.00615. The van der Waals surface area contributed by atoms with Gasteiger partial charge in [0.15, 0.2) is 0 Å². The Hall–Kier alpha value is -2.23. The third-order valence-electron chi connectivity index (χ3n) is 2.84. The van der Waals surface area contributed by atoms with E-state index >= 15 is 0 Å². The van der Waals surface area contributed by atoms with Crippen LogP contribution in [-0.4, -0.2) is 37.6 Å². The summed E-state index contributed by atoms with van der Waals surface area (Å²) >= 11 is 0. The predicted octanol–water partition coefficient (Wildman–Crippen LogP) is 2.62. The molecule has 0 aliphatic heterocycles. The first-order chi connectivity index (χ1) is 9.62. The fraction of sp³-hybridized carbons (Fsp3) is 0.312. The number of rotatable bonds is 8. The van der Waals surface area contributed by atoms with E-state index in [4.69, 9.17) is 4.74 Å². The van der Waals surface area contributed by atoms with Crippen LogP contribution in [0.4, 0.5) is 5.69 Å². The van der Waals surface area contributed by atoms with Crippen LogP contribution in [0.3, 0.4) is 0 Å². The fourth-order valence-corrected chi connectivity index (χ4v) is 1.83. The van der Waals surface area contributed by atoms with E-state index in [0.717, 1.165) is 17.0 Å². The van der Waals surface area contributed by atoms with E-state index in [9.17, 15) is 4.79 Å². The zero-order valence-corrected chi connectivity index (χ0v) is 12.2. The van der Waals surface area contributed by atoms with Crippen molar-refractivity contribution in [2.24, 2.45) is 0 Å². The number of ether oxygens (including phenoxy) is 1. The highest BCUT2D eigenvalue weighted by Crippen LogP contribution is 2.24. The molecule has 0 radical (unpaired) electrons. The van der Waals surface area contributed by atoms with Crippen LogP contribution in [0.5, 0.6) is 5.75 Å². The van der Waals surface area contributed by atoms with E-state index < -0.39 is 0 Å². The van der Waals surface area contributed by atoms with Gasteiger partial charge in [0.05, 0.1) is 19.3 Å². The third kappa shape index (κ3) is 4.46. The van der Waals surface area contributed by atoms with Crippen LogP contribution < -0.4 is 10.1 Å². The van der Waals surface area contributed by atoms with Gasteiger partial charge < -0.3 is 15.0 Å². The highest BCUT2D eigenvalue weighted by atomic mass is 16.5. The Morgan fingerprint density at radius 1 is 1.35 bits per heavy atom. The molecule has 0 saturated carbocycles. The smallest absolute Gasteiger partial charge is 0.242 e. The number of nitrogens with one attached hydrogen (secondary N) is 1. The molecule has 0 aliphatic rings. The molecule has 0 unspecified atom stereocenters. The minimum Gasteiger partial charge on any atom is -0.495 e. The Morgan fingerprint density at radius 3 is 2.55 bits per heavy atom. The second kappa shape index (κ2) is 8.04. The average Bonchev–Trinajstić information content (AvgIpc) is 2.44. The lowest BCUT2D eigenvalue weighted by molar-refractivity contribution is -0.128. The second-order valence-electron chi connectivity index (χ2n) is 4.43. The number of carbonyl (C=O) groups is 1. The van der Waals surface area contributed by atoms with Gasteiger partial charge in [-0.3, -0.25) is 4.79 Å². The Labute approximate surface area is 120 Å². The van der Waals surface area contributed by atoms with Crippen molar-refractivity contribution in [2.45, 2.75) is 6.92 Å². The van der Waals surface area contributed by atoms with Crippen LogP contribution in [0.1, 0.15) is 5.56 Å². The van der Waals surface area contributed by atoms with E-state index in [1.165, 1.54) is 0 Å². The molecule has 0 bridgehead atoms. The van der Waals surface area contributed by atoms with Gasteiger partial charge in [0.25, 0.3) is 0 Å². The zero-order valence-electron chi connectivity index (χ0n) is 12.2. The number of hydrogen-bond acceptors (Lipinski definition) is 3. The van der Waals surface area contributed by atoms with E-state index in [1.807, 2.05) is 25.1 Å². The number of amides is 1. The molecule has 0 saturated heterocycles. The zero-order chi connectivity index (χ0) is 15.0. The van der Waals surface area contributed by atoms with E-state index in [0.29, 0.717) is 13.1 Å². The first-order valence-electron chi connectivity index (χ1n) is 6.50. The number of nitrogens with zero attached hydrogens (tertiary/aromatic N) is 1. The minimum absolute atomic E-state index is 0.00615. The van der Waals surface area contributed by atoms with Crippen molar-refractivity contribution in [2.75, 3.05) is 32.1 Å². The molecule has 4 heteroatoms. The summed E-state index contributed by atoms with van der Waals surface area (Å²) in [4.78, 5) is 13.8. The topological polar surface area (TPSA) is 41.6 Å². The molecule has 0 atom stereocenters. The maximum atomic E-state index is 12.1. The second-order valence-corrected chi connectivity index (χ2v) is 4.43. The third-order valence-corrected chi connectivity index (χ3v) is 2.84. The van der Waals surface area contributed by atoms with Crippen molar-refractivity contribution in [3.63, 3.8) is 0 Å². The molecule has 0 heterocycles. The standard InChI is InChI=1S/C16H22N2O2/c1-5-9-18(10-6-2)16(19)12-17-14-11-13(3)7-8-15(14)20-4/h5-8,11,17H,1-2,9-10,12H2,3-4H3. The van der Waals surface area contributed by atoms with Gasteiger partial charge in [-0.25, -0.2) is 0 Å². The van der Waals surface area contributed by atoms with Gasteiger partial charge in [-0.1, -0.05) is 18.2 Å². The van der Waals surface area contributed by atoms with E-state index in [2.05, 4.69) is 18.5 Å². The van der Waals surface area contributed by atoms with Crippen molar-refractivity contribution < 1.29 is 9.53 Å². The molecule has 1 amide bonds. The summed E-state index contributed by atoms with van der Waals surface area (Å²) in [7, 11) is 1.61. The monoisotopic (exact) mass is 274 g/mol. The Balaban J connectivity index is 2.70. The van der Waals surface area contributed by atoms with E-state index in [-0.39, 0.29) is 12.5 Å². The van der Waals surface area contributed by atoms with Gasteiger partial charge >= 0.3 is 0 Å². The Kier molecular flexibility index (Phi) is 6.37. The van der Waals surface area contributed by atoms with Crippen molar-refractivity contribution >= 4 is 11.6 Å². The molecule has 20 heavy (non-hydrogen) atoms. The van der Waals surface area contributed by atoms with Gasteiger partial charge in [-0.05, 0) is 24.6 Å². The van der Waals surface area contributed by atoms with Crippen molar-refractivity contribution in [1.29, 1.82) is 0 Å². The highest BCUT2D eigenvalue weighted by Gasteiger charge is 2.11. The molecule has 1 aromatic carbocycles. The number of carbonyl (C=O) groups excluding carboxylic acids is 1. The van der Waals surface area contributed by atoms with Gasteiger partial charge in [-0.2, -0.15) is 0 Å². The summed E-state index contributed by atoms with van der Waals surface area (Å²) in [6.45, 7) is 10.5. The van der Waals surface area contributed by atoms with Crippen molar-refractivity contribution in [3.8, 4) is 5.75 Å². The van der Waals surface area contributed by atoms with Gasteiger partial charge in [0, 0.05) is 13.1 Å². The molecule has 108 valence electrons. The van der Waals surface area contributed by atoms with Crippen LogP contribution in [0, 0.1) is 6.92 Å².